The van der Waals surface area contributed by atoms with Crippen molar-refractivity contribution in [3.63, 3.8) is 0 Å². The molecule has 0 spiro atoms. The molecule has 14 heteroatoms. The summed E-state index contributed by atoms with van der Waals surface area (Å²) in [5.41, 5.74) is 0. The number of nitrogens with one attached hydrogen (secondary N) is 1. The van der Waals surface area contributed by atoms with Crippen LogP contribution in [-0.2, 0) is 23.7 Å². The van der Waals surface area contributed by atoms with Crippen LogP contribution in [0.2, 0.25) is 0 Å². The molecule has 2 fully saturated rings. The van der Waals surface area contributed by atoms with Crippen LogP contribution in [0.5, 0.6) is 0 Å². The molecule has 1 amide bonds. The molecular weight excluding hydrogens is 1000 g/mol. The van der Waals surface area contributed by atoms with Crippen molar-refractivity contribution in [1.29, 1.82) is 0 Å². The van der Waals surface area contributed by atoms with Gasteiger partial charge in [-0.25, -0.2) is 0 Å². The number of hydrogen-bond acceptors (Lipinski definition) is 13. The number of aliphatic hydroxyl groups is 8. The number of unbranched alkanes of at least 4 members (excludes halogenated alkanes) is 30. The molecule has 12 atom stereocenters. The first-order chi connectivity index (χ1) is 38.6. The molecule has 2 aliphatic rings. The molecule has 2 aliphatic heterocycles. The van der Waals surface area contributed by atoms with E-state index in [1.165, 1.54) is 173 Å². The van der Waals surface area contributed by atoms with Crippen molar-refractivity contribution in [1.82, 2.24) is 5.32 Å². The van der Waals surface area contributed by atoms with Crippen molar-refractivity contribution < 1.29 is 64.6 Å². The summed E-state index contributed by atoms with van der Waals surface area (Å²) in [5.74, 6) is -0.250. The Bertz CT molecular complexity index is 1560. The van der Waals surface area contributed by atoms with Crippen molar-refractivity contribution in [3.05, 3.63) is 60.8 Å². The van der Waals surface area contributed by atoms with Gasteiger partial charge in [0.25, 0.3) is 0 Å². The van der Waals surface area contributed by atoms with Crippen LogP contribution in [0.15, 0.2) is 60.8 Å². The molecular formula is C65H117NO13. The highest BCUT2D eigenvalue weighted by molar-refractivity contribution is 5.76. The van der Waals surface area contributed by atoms with Crippen LogP contribution in [0.3, 0.4) is 0 Å². The van der Waals surface area contributed by atoms with Gasteiger partial charge in [0.05, 0.1) is 32.0 Å². The molecule has 12 unspecified atom stereocenters. The van der Waals surface area contributed by atoms with Gasteiger partial charge in [-0.15, -0.1) is 0 Å². The average Bonchev–Trinajstić information content (AvgIpc) is 3.48. The normalized spacial score (nSPS) is 24.8. The lowest BCUT2D eigenvalue weighted by Gasteiger charge is -2.46. The average molecular weight is 1120 g/mol. The number of hydrogen-bond donors (Lipinski definition) is 9. The summed E-state index contributed by atoms with van der Waals surface area (Å²) in [6.07, 6.45) is 48.4. The number of carbonyl (C=O) groups excluding carboxylic acids is 1. The Hall–Kier alpha value is -2.31. The molecule has 0 saturated carbocycles. The quantitative estimate of drug-likeness (QED) is 0.0204. The second kappa shape index (κ2) is 50.2. The minimum Gasteiger partial charge on any atom is -0.394 e. The lowest BCUT2D eigenvalue weighted by Crippen LogP contribution is -2.65. The number of amides is 1. The van der Waals surface area contributed by atoms with Crippen LogP contribution < -0.4 is 5.32 Å². The highest BCUT2D eigenvalue weighted by Crippen LogP contribution is 2.30. The summed E-state index contributed by atoms with van der Waals surface area (Å²) in [6.45, 7) is 2.77. The lowest BCUT2D eigenvalue weighted by molar-refractivity contribution is -0.359. The van der Waals surface area contributed by atoms with Gasteiger partial charge in [-0.2, -0.15) is 0 Å². The van der Waals surface area contributed by atoms with E-state index in [-0.39, 0.29) is 18.9 Å². The summed E-state index contributed by atoms with van der Waals surface area (Å²) in [4.78, 5) is 13.3. The highest BCUT2D eigenvalue weighted by atomic mass is 16.7. The number of allylic oxidation sites excluding steroid dienone is 9. The van der Waals surface area contributed by atoms with Gasteiger partial charge >= 0.3 is 0 Å². The molecule has 0 aromatic carbocycles. The first kappa shape index (κ1) is 72.8. The zero-order valence-corrected chi connectivity index (χ0v) is 49.6. The van der Waals surface area contributed by atoms with Crippen LogP contribution in [0.25, 0.3) is 0 Å². The van der Waals surface area contributed by atoms with Crippen molar-refractivity contribution in [2.75, 3.05) is 19.8 Å². The van der Waals surface area contributed by atoms with Crippen molar-refractivity contribution in [2.24, 2.45) is 0 Å². The second-order valence-corrected chi connectivity index (χ2v) is 22.5. The Balaban J connectivity index is 1.70. The number of rotatable bonds is 51. The summed E-state index contributed by atoms with van der Waals surface area (Å²) in [5, 5.41) is 87.1. The number of ether oxygens (including phenoxy) is 4. The van der Waals surface area contributed by atoms with Gasteiger partial charge in [-0.05, 0) is 70.6 Å². The zero-order chi connectivity index (χ0) is 57.4. The van der Waals surface area contributed by atoms with Crippen molar-refractivity contribution in [3.8, 4) is 0 Å². The van der Waals surface area contributed by atoms with Gasteiger partial charge < -0.3 is 65.1 Å². The predicted octanol–water partition coefficient (Wildman–Crippen LogP) is 11.7. The molecule has 2 saturated heterocycles. The minimum atomic E-state index is -1.79. The Morgan fingerprint density at radius 3 is 1.33 bits per heavy atom. The van der Waals surface area contributed by atoms with Crippen LogP contribution in [0, 0.1) is 0 Å². The van der Waals surface area contributed by atoms with Gasteiger partial charge in [0.2, 0.25) is 5.91 Å². The molecule has 0 bridgehead atoms. The van der Waals surface area contributed by atoms with E-state index in [2.05, 4.69) is 67.8 Å². The molecule has 14 nitrogen and oxygen atoms in total. The number of aliphatic hydroxyl groups excluding tert-OH is 8. The standard InChI is InChI=1S/C65H117NO13/c1-3-5-7-9-11-13-15-17-19-21-22-23-24-25-26-27-28-29-30-31-32-33-35-37-39-41-43-45-47-49-57(70)66-53(54(69)48-46-44-42-40-38-36-34-20-18-16-14-12-10-8-6-4-2)52-76-64-62(75)60(73)63(56(51-68)78-64)79-65-61(74)59(72)58(71)55(50-67)77-65/h15,17,21-22,24-25,38,40,46,48,53-56,58-65,67-69,71-75H,3-14,16,18-20,23,26-37,39,41-45,47,49-52H2,1-2H3,(H,66,70)/b17-15-,22-21-,25-24-,40-38+,48-46+. The fraction of sp³-hybridized carbons (Fsp3) is 0.831. The van der Waals surface area contributed by atoms with Crippen LogP contribution in [-0.4, -0.2) is 140 Å². The first-order valence-corrected chi connectivity index (χ1v) is 32.0. The van der Waals surface area contributed by atoms with E-state index in [9.17, 15) is 45.6 Å². The van der Waals surface area contributed by atoms with E-state index >= 15 is 0 Å². The summed E-state index contributed by atoms with van der Waals surface area (Å²) in [6, 6.07) is -0.933. The molecule has 0 aromatic heterocycles. The maximum atomic E-state index is 13.3. The van der Waals surface area contributed by atoms with E-state index < -0.39 is 86.8 Å². The van der Waals surface area contributed by atoms with Gasteiger partial charge in [0, 0.05) is 6.42 Å². The molecule has 0 radical (unpaired) electrons. The molecule has 0 aliphatic carbocycles. The Labute approximate surface area is 479 Å². The minimum absolute atomic E-state index is 0.250. The Morgan fingerprint density at radius 2 is 0.848 bits per heavy atom. The van der Waals surface area contributed by atoms with Gasteiger partial charge in [-0.3, -0.25) is 4.79 Å². The maximum absolute atomic E-state index is 13.3. The monoisotopic (exact) mass is 1120 g/mol. The molecule has 0 aromatic rings. The van der Waals surface area contributed by atoms with Crippen molar-refractivity contribution in [2.45, 2.75) is 325 Å². The van der Waals surface area contributed by atoms with Crippen molar-refractivity contribution >= 4 is 5.91 Å². The fourth-order valence-corrected chi connectivity index (χ4v) is 10.3. The number of carbonyl (C=O) groups is 1. The van der Waals surface area contributed by atoms with Gasteiger partial charge in [-0.1, -0.05) is 235 Å². The fourth-order valence-electron chi connectivity index (χ4n) is 10.3. The SMILES string of the molecule is CCCCCCC/C=C\C/C=C\C/C=C\CCCCCCCCCCCCCCCCC(=O)NC(COC1OC(CO)C(OC2OC(CO)C(O)C(O)C2O)C(O)C1O)C(O)/C=C/CC/C=C/CCCCCCCCCCCC. The highest BCUT2D eigenvalue weighted by Gasteiger charge is 2.51. The molecule has 2 heterocycles. The first-order valence-electron chi connectivity index (χ1n) is 32.0. The lowest BCUT2D eigenvalue weighted by atomic mass is 9.97. The van der Waals surface area contributed by atoms with E-state index in [0.717, 1.165) is 44.9 Å². The topological polar surface area (TPSA) is 228 Å². The van der Waals surface area contributed by atoms with E-state index in [1.807, 2.05) is 6.08 Å². The molecule has 2 rings (SSSR count). The largest absolute Gasteiger partial charge is 0.394 e. The van der Waals surface area contributed by atoms with E-state index in [4.69, 9.17) is 18.9 Å². The van der Waals surface area contributed by atoms with Gasteiger partial charge in [0.15, 0.2) is 12.6 Å². The predicted molar refractivity (Wildman–Crippen MR) is 318 cm³/mol. The third-order valence-electron chi connectivity index (χ3n) is 15.4. The Morgan fingerprint density at radius 1 is 0.456 bits per heavy atom. The third-order valence-corrected chi connectivity index (χ3v) is 15.4. The third kappa shape index (κ3) is 35.4. The maximum Gasteiger partial charge on any atom is 0.220 e. The van der Waals surface area contributed by atoms with Gasteiger partial charge in [0.1, 0.15) is 48.8 Å². The van der Waals surface area contributed by atoms with Crippen LogP contribution >= 0.6 is 0 Å². The summed E-state index contributed by atoms with van der Waals surface area (Å²) < 4.78 is 22.8. The second-order valence-electron chi connectivity index (χ2n) is 22.5. The van der Waals surface area contributed by atoms with E-state index in [0.29, 0.717) is 12.8 Å². The Kier molecular flexibility index (Phi) is 46.3. The van der Waals surface area contributed by atoms with E-state index in [1.54, 1.807) is 6.08 Å². The smallest absolute Gasteiger partial charge is 0.220 e. The summed E-state index contributed by atoms with van der Waals surface area (Å²) in [7, 11) is 0. The molecule has 79 heavy (non-hydrogen) atoms. The molecule has 9 N–H and O–H groups in total. The van der Waals surface area contributed by atoms with Crippen LogP contribution in [0.1, 0.15) is 251 Å². The zero-order valence-electron chi connectivity index (χ0n) is 49.6. The van der Waals surface area contributed by atoms with Crippen LogP contribution in [0.4, 0.5) is 0 Å². The molecule has 460 valence electrons. The summed E-state index contributed by atoms with van der Waals surface area (Å²) >= 11 is 0.